The summed E-state index contributed by atoms with van der Waals surface area (Å²) in [7, 11) is 6.81. The number of urea groups is 1. The number of methoxy groups -OCH3 is 2. The highest BCUT2D eigenvalue weighted by Gasteiger charge is 2.19. The molecule has 2 N–H and O–H groups in total. The van der Waals surface area contributed by atoms with E-state index in [1.807, 2.05) is 44.4 Å². The van der Waals surface area contributed by atoms with Crippen LogP contribution in [0.1, 0.15) is 25.8 Å². The van der Waals surface area contributed by atoms with Gasteiger partial charge in [0.1, 0.15) is 11.6 Å². The fraction of sp³-hybridized carbons (Fsp3) is 0.409. The SMILES string of the molecule is C/C=C(\C)CCOC.CNC(=O)NC1=Nc2cccc(OC)c2C1.Cn1cccn1. The molecule has 164 valence electrons. The second-order valence-electron chi connectivity index (χ2n) is 6.45. The van der Waals surface area contributed by atoms with Crippen molar-refractivity contribution >= 4 is 17.6 Å². The quantitative estimate of drug-likeness (QED) is 0.747. The first-order valence-corrected chi connectivity index (χ1v) is 9.71. The van der Waals surface area contributed by atoms with E-state index in [1.165, 1.54) is 5.57 Å². The van der Waals surface area contributed by atoms with Gasteiger partial charge in [0.2, 0.25) is 0 Å². The fourth-order valence-corrected chi connectivity index (χ4v) is 2.40. The molecule has 1 aliphatic rings. The number of aliphatic imine (C=N–C) groups is 1. The van der Waals surface area contributed by atoms with E-state index < -0.39 is 0 Å². The zero-order valence-electron chi connectivity index (χ0n) is 18.7. The normalized spacial score (nSPS) is 11.8. The number of benzene rings is 1. The molecule has 0 bridgehead atoms. The van der Waals surface area contributed by atoms with Crippen molar-refractivity contribution < 1.29 is 14.3 Å². The molecule has 2 amide bonds. The number of rotatable bonds is 4. The largest absolute Gasteiger partial charge is 0.496 e. The average Bonchev–Trinajstić information content (AvgIpc) is 3.40. The van der Waals surface area contributed by atoms with Crippen molar-refractivity contribution in [3.05, 3.63) is 53.9 Å². The Hall–Kier alpha value is -3.13. The number of aryl methyl sites for hydroxylation is 1. The average molecular weight is 416 g/mol. The number of carbonyl (C=O) groups is 1. The number of amidine groups is 1. The lowest BCUT2D eigenvalue weighted by molar-refractivity contribution is 0.202. The molecular formula is C22H33N5O3. The van der Waals surface area contributed by atoms with Crippen LogP contribution in [0.4, 0.5) is 10.5 Å². The first kappa shape index (κ1) is 24.9. The summed E-state index contributed by atoms with van der Waals surface area (Å²) in [5.74, 6) is 1.44. The van der Waals surface area contributed by atoms with E-state index in [0.717, 1.165) is 30.0 Å². The number of nitrogens with zero attached hydrogens (tertiary/aromatic N) is 3. The minimum absolute atomic E-state index is 0.259. The number of allylic oxidation sites excluding steroid dienone is 1. The van der Waals surface area contributed by atoms with Crippen molar-refractivity contribution in [2.45, 2.75) is 26.7 Å². The maximum atomic E-state index is 11.1. The fourth-order valence-electron chi connectivity index (χ4n) is 2.40. The lowest BCUT2D eigenvalue weighted by Crippen LogP contribution is -2.37. The lowest BCUT2D eigenvalue weighted by atomic mass is 10.1. The van der Waals surface area contributed by atoms with Gasteiger partial charge in [-0.3, -0.25) is 10.00 Å². The predicted molar refractivity (Wildman–Crippen MR) is 121 cm³/mol. The molecule has 3 rings (SSSR count). The summed E-state index contributed by atoms with van der Waals surface area (Å²) < 4.78 is 11.9. The molecule has 2 heterocycles. The maximum absolute atomic E-state index is 11.1. The van der Waals surface area contributed by atoms with Crippen LogP contribution in [0, 0.1) is 0 Å². The number of carbonyl (C=O) groups excluding carboxylic acids is 1. The summed E-state index contributed by atoms with van der Waals surface area (Å²) >= 11 is 0. The van der Waals surface area contributed by atoms with Crippen LogP contribution in [0.5, 0.6) is 5.75 Å². The van der Waals surface area contributed by atoms with Crippen LogP contribution < -0.4 is 15.4 Å². The Balaban J connectivity index is 0.000000267. The van der Waals surface area contributed by atoms with Gasteiger partial charge in [-0.2, -0.15) is 5.10 Å². The summed E-state index contributed by atoms with van der Waals surface area (Å²) in [5.41, 5.74) is 3.26. The molecule has 8 heteroatoms. The molecule has 0 spiro atoms. The topological polar surface area (TPSA) is 89.8 Å². The highest BCUT2D eigenvalue weighted by molar-refractivity contribution is 6.02. The van der Waals surface area contributed by atoms with Gasteiger partial charge in [0.15, 0.2) is 0 Å². The molecule has 1 aromatic carbocycles. The van der Waals surface area contributed by atoms with Gasteiger partial charge in [0.25, 0.3) is 0 Å². The molecule has 8 nitrogen and oxygen atoms in total. The number of ether oxygens (including phenoxy) is 2. The Morgan fingerprint density at radius 2 is 2.07 bits per heavy atom. The van der Waals surface area contributed by atoms with Gasteiger partial charge >= 0.3 is 6.03 Å². The Morgan fingerprint density at radius 1 is 1.30 bits per heavy atom. The van der Waals surface area contributed by atoms with E-state index in [4.69, 9.17) is 9.47 Å². The third-order valence-corrected chi connectivity index (χ3v) is 4.24. The van der Waals surface area contributed by atoms with Crippen molar-refractivity contribution in [3.63, 3.8) is 0 Å². The highest BCUT2D eigenvalue weighted by atomic mass is 16.5. The zero-order valence-corrected chi connectivity index (χ0v) is 18.7. The molecule has 0 radical (unpaired) electrons. The van der Waals surface area contributed by atoms with Gasteiger partial charge in [0.05, 0.1) is 12.8 Å². The van der Waals surface area contributed by atoms with Crippen LogP contribution in [0.15, 0.2) is 53.3 Å². The van der Waals surface area contributed by atoms with Crippen molar-refractivity contribution in [1.29, 1.82) is 0 Å². The van der Waals surface area contributed by atoms with Crippen LogP contribution in [-0.2, 0) is 18.2 Å². The number of amides is 2. The van der Waals surface area contributed by atoms with E-state index >= 15 is 0 Å². The molecule has 0 fully saturated rings. The Kier molecular flexibility index (Phi) is 11.6. The van der Waals surface area contributed by atoms with Gasteiger partial charge < -0.3 is 14.8 Å². The van der Waals surface area contributed by atoms with Gasteiger partial charge in [0, 0.05) is 52.2 Å². The lowest BCUT2D eigenvalue weighted by Gasteiger charge is -2.05. The van der Waals surface area contributed by atoms with Crippen molar-refractivity contribution in [2.75, 3.05) is 27.9 Å². The minimum Gasteiger partial charge on any atom is -0.496 e. The first-order chi connectivity index (χ1) is 14.4. The van der Waals surface area contributed by atoms with Crippen molar-refractivity contribution in [3.8, 4) is 5.75 Å². The molecule has 0 aliphatic carbocycles. The van der Waals surface area contributed by atoms with Gasteiger partial charge in [-0.05, 0) is 38.5 Å². The van der Waals surface area contributed by atoms with Gasteiger partial charge in [-0.25, -0.2) is 9.79 Å². The van der Waals surface area contributed by atoms with Crippen LogP contribution in [0.3, 0.4) is 0 Å². The van der Waals surface area contributed by atoms with E-state index in [1.54, 1.807) is 32.1 Å². The predicted octanol–water partition coefficient (Wildman–Crippen LogP) is 3.62. The van der Waals surface area contributed by atoms with Crippen molar-refractivity contribution in [1.82, 2.24) is 20.4 Å². The second-order valence-corrected chi connectivity index (χ2v) is 6.45. The van der Waals surface area contributed by atoms with E-state index in [0.29, 0.717) is 12.3 Å². The van der Waals surface area contributed by atoms with Gasteiger partial charge in [-0.1, -0.05) is 17.7 Å². The third kappa shape index (κ3) is 8.91. The summed E-state index contributed by atoms with van der Waals surface area (Å²) in [6, 6.07) is 7.29. The molecule has 0 unspecified atom stereocenters. The van der Waals surface area contributed by atoms with E-state index in [-0.39, 0.29) is 6.03 Å². The number of fused-ring (bicyclic) bond motifs is 1. The van der Waals surface area contributed by atoms with Crippen LogP contribution in [0.2, 0.25) is 0 Å². The summed E-state index contributed by atoms with van der Waals surface area (Å²) in [5, 5.41) is 8.99. The number of aromatic nitrogens is 2. The van der Waals surface area contributed by atoms with Crippen molar-refractivity contribution in [2.24, 2.45) is 12.0 Å². The van der Waals surface area contributed by atoms with Crippen LogP contribution >= 0.6 is 0 Å². The molecular weight excluding hydrogens is 382 g/mol. The number of hydrogen-bond acceptors (Lipinski definition) is 5. The third-order valence-electron chi connectivity index (χ3n) is 4.24. The standard InChI is InChI=1S/C11H13N3O2.C7H14O.C4H6N2/c1-12-11(15)14-10-6-7-8(13-10)4-3-5-9(7)16-2;1-4-7(2)5-6-8-3;1-6-4-2-3-5-6/h3-5H,6H2,1-2H3,(H2,12,13,14,15);4H,5-6H2,1-3H3;2-4H,1H3/b;7-4+;. The van der Waals surface area contributed by atoms with Crippen LogP contribution in [0.25, 0.3) is 0 Å². The monoisotopic (exact) mass is 415 g/mol. The van der Waals surface area contributed by atoms with Gasteiger partial charge in [-0.15, -0.1) is 0 Å². The maximum Gasteiger partial charge on any atom is 0.319 e. The highest BCUT2D eigenvalue weighted by Crippen LogP contribution is 2.33. The van der Waals surface area contributed by atoms with E-state index in [2.05, 4.69) is 33.7 Å². The molecule has 1 aromatic heterocycles. The Morgan fingerprint density at radius 3 is 2.57 bits per heavy atom. The molecule has 30 heavy (non-hydrogen) atoms. The number of nitrogens with one attached hydrogen (secondary N) is 2. The molecule has 0 saturated heterocycles. The Labute approximate surface area is 179 Å². The number of hydrogen-bond donors (Lipinski definition) is 2. The minimum atomic E-state index is -0.259. The molecule has 2 aromatic rings. The second kappa shape index (κ2) is 13.9. The molecule has 0 saturated carbocycles. The first-order valence-electron chi connectivity index (χ1n) is 9.71. The molecule has 0 atom stereocenters. The Bertz CT molecular complexity index is 829. The van der Waals surface area contributed by atoms with E-state index in [9.17, 15) is 4.79 Å². The summed E-state index contributed by atoms with van der Waals surface area (Å²) in [4.78, 5) is 15.5. The smallest absolute Gasteiger partial charge is 0.319 e. The summed E-state index contributed by atoms with van der Waals surface area (Å²) in [6.45, 7) is 5.00. The summed E-state index contributed by atoms with van der Waals surface area (Å²) in [6.07, 6.45) is 7.40. The van der Waals surface area contributed by atoms with Crippen LogP contribution in [-0.4, -0.2) is 49.5 Å². The molecule has 1 aliphatic heterocycles. The zero-order chi connectivity index (χ0) is 22.4.